The number of amides is 4. The van der Waals surface area contributed by atoms with Gasteiger partial charge in [-0.15, -0.1) is 0 Å². The van der Waals surface area contributed by atoms with E-state index in [1.807, 2.05) is 36.4 Å². The summed E-state index contributed by atoms with van der Waals surface area (Å²) in [6.45, 7) is 8.14. The summed E-state index contributed by atoms with van der Waals surface area (Å²) in [6.07, 6.45) is 3.96. The summed E-state index contributed by atoms with van der Waals surface area (Å²) in [6, 6.07) is 11.1. The Kier molecular flexibility index (Phi) is 11.6. The Morgan fingerprint density at radius 3 is 1.71 bits per heavy atom. The van der Waals surface area contributed by atoms with Crippen molar-refractivity contribution in [3.05, 3.63) is 47.5 Å². The highest BCUT2D eigenvalue weighted by Gasteiger charge is 2.41. The molecule has 0 spiro atoms. The lowest BCUT2D eigenvalue weighted by Gasteiger charge is -2.46. The van der Waals surface area contributed by atoms with Gasteiger partial charge in [-0.05, 0) is 78.3 Å². The molecule has 10 heteroatoms. The second-order valence-corrected chi connectivity index (χ2v) is 12.1. The summed E-state index contributed by atoms with van der Waals surface area (Å²) in [7, 11) is 6.42. The number of rotatable bonds is 13. The average molecular weight is 585 g/mol. The molecule has 1 saturated carbocycles. The fourth-order valence-corrected chi connectivity index (χ4v) is 6.18. The van der Waals surface area contributed by atoms with Crippen molar-refractivity contribution >= 4 is 12.1 Å². The highest BCUT2D eigenvalue weighted by molar-refractivity contribution is 5.74. The molecule has 3 rings (SSSR count). The summed E-state index contributed by atoms with van der Waals surface area (Å²) in [5, 5.41) is 12.2. The Bertz CT molecular complexity index is 1200. The van der Waals surface area contributed by atoms with Crippen LogP contribution >= 0.6 is 0 Å². The Balaban J connectivity index is 1.44. The van der Waals surface area contributed by atoms with E-state index in [4.69, 9.17) is 18.9 Å². The van der Waals surface area contributed by atoms with Crippen molar-refractivity contribution in [2.24, 2.45) is 10.8 Å². The number of hydrogen-bond donors (Lipinski definition) is 4. The summed E-state index contributed by atoms with van der Waals surface area (Å²) in [5.41, 5.74) is 1.97. The quantitative estimate of drug-likeness (QED) is 0.271. The maximum absolute atomic E-state index is 12.8. The van der Waals surface area contributed by atoms with Gasteiger partial charge in [-0.2, -0.15) is 0 Å². The van der Waals surface area contributed by atoms with E-state index in [0.717, 1.165) is 30.4 Å². The monoisotopic (exact) mass is 584 g/mol. The minimum atomic E-state index is -0.197. The zero-order valence-corrected chi connectivity index (χ0v) is 26.1. The number of carbonyl (C=O) groups excluding carboxylic acids is 2. The van der Waals surface area contributed by atoms with Gasteiger partial charge in [0.2, 0.25) is 0 Å². The van der Waals surface area contributed by atoms with E-state index in [-0.39, 0.29) is 28.9 Å². The number of ether oxygens (including phenoxy) is 4. The molecule has 0 heterocycles. The molecule has 0 aliphatic heterocycles. The van der Waals surface area contributed by atoms with Gasteiger partial charge in [0.1, 0.15) is 0 Å². The van der Waals surface area contributed by atoms with Crippen LogP contribution in [0.25, 0.3) is 0 Å². The van der Waals surface area contributed by atoms with Crippen molar-refractivity contribution in [2.75, 3.05) is 48.1 Å². The van der Waals surface area contributed by atoms with E-state index in [9.17, 15) is 9.59 Å². The van der Waals surface area contributed by atoms with Crippen LogP contribution in [0.3, 0.4) is 0 Å². The fourth-order valence-electron chi connectivity index (χ4n) is 6.18. The molecule has 232 valence electrons. The number of nitrogens with one attached hydrogen (secondary N) is 4. The molecule has 0 saturated heterocycles. The SMILES string of the molecule is COc1ccc(CCNC(=O)NC[C@@]2(C)C[C@H](NC(=O)NCCc3ccc(OC)c(OC)c3)CC(C)(C)C2)cc1OC. The number of hydrogen-bond acceptors (Lipinski definition) is 6. The fraction of sp³-hybridized carbons (Fsp3) is 0.562. The van der Waals surface area contributed by atoms with E-state index >= 15 is 0 Å². The van der Waals surface area contributed by atoms with Crippen molar-refractivity contribution in [1.82, 2.24) is 21.3 Å². The standard InChI is InChI=1S/C32H48N4O6/c1-31(2)18-24(36-30(38)34-15-13-23-9-11-26(40-5)28(17-23)42-7)19-32(3,20-31)21-35-29(37)33-14-12-22-8-10-25(39-4)27(16-22)41-6/h8-11,16-17,24H,12-15,18-21H2,1-7H3,(H2,33,35,37)(H2,34,36,38)/t24-,32+/m1/s1. The number of methoxy groups -OCH3 is 4. The van der Waals surface area contributed by atoms with Crippen LogP contribution in [0.1, 0.15) is 51.2 Å². The molecule has 0 unspecified atom stereocenters. The van der Waals surface area contributed by atoms with E-state index in [1.54, 1.807) is 28.4 Å². The number of carbonyl (C=O) groups is 2. The largest absolute Gasteiger partial charge is 0.493 e. The van der Waals surface area contributed by atoms with Crippen LogP contribution < -0.4 is 40.2 Å². The van der Waals surface area contributed by atoms with Gasteiger partial charge in [0.15, 0.2) is 23.0 Å². The van der Waals surface area contributed by atoms with Crippen molar-refractivity contribution in [3.8, 4) is 23.0 Å². The highest BCUT2D eigenvalue weighted by atomic mass is 16.5. The third-order valence-electron chi connectivity index (χ3n) is 7.75. The lowest BCUT2D eigenvalue weighted by atomic mass is 9.62. The topological polar surface area (TPSA) is 119 Å². The second-order valence-electron chi connectivity index (χ2n) is 12.1. The first-order valence-electron chi connectivity index (χ1n) is 14.5. The van der Waals surface area contributed by atoms with Crippen LogP contribution in [-0.2, 0) is 12.8 Å². The van der Waals surface area contributed by atoms with Gasteiger partial charge < -0.3 is 40.2 Å². The zero-order chi connectivity index (χ0) is 30.8. The maximum Gasteiger partial charge on any atom is 0.315 e. The molecule has 1 aliphatic rings. The minimum absolute atomic E-state index is 0.00902. The lowest BCUT2D eigenvalue weighted by Crippen LogP contribution is -2.53. The summed E-state index contributed by atoms with van der Waals surface area (Å²) < 4.78 is 21.3. The van der Waals surface area contributed by atoms with Crippen molar-refractivity contribution in [2.45, 2.75) is 58.9 Å². The van der Waals surface area contributed by atoms with Crippen LogP contribution in [0.15, 0.2) is 36.4 Å². The van der Waals surface area contributed by atoms with Crippen molar-refractivity contribution < 1.29 is 28.5 Å². The Morgan fingerprint density at radius 1 is 0.714 bits per heavy atom. The Hall–Kier alpha value is -3.82. The molecular formula is C32H48N4O6. The smallest absolute Gasteiger partial charge is 0.315 e. The zero-order valence-electron chi connectivity index (χ0n) is 26.1. The number of benzene rings is 2. The van der Waals surface area contributed by atoms with Crippen LogP contribution in [0, 0.1) is 10.8 Å². The number of urea groups is 2. The van der Waals surface area contributed by atoms with Crippen LogP contribution in [0.5, 0.6) is 23.0 Å². The van der Waals surface area contributed by atoms with Gasteiger partial charge >= 0.3 is 12.1 Å². The Morgan fingerprint density at radius 2 is 1.21 bits per heavy atom. The summed E-state index contributed by atoms with van der Waals surface area (Å²) in [5.74, 6) is 2.69. The first kappa shape index (κ1) is 32.7. The van der Waals surface area contributed by atoms with Gasteiger partial charge in [0, 0.05) is 25.7 Å². The van der Waals surface area contributed by atoms with E-state index < -0.39 is 0 Å². The molecule has 42 heavy (non-hydrogen) atoms. The molecule has 2 aromatic rings. The van der Waals surface area contributed by atoms with Gasteiger partial charge in [-0.3, -0.25) is 0 Å². The third kappa shape index (κ3) is 9.63. The van der Waals surface area contributed by atoms with Crippen LogP contribution in [0.2, 0.25) is 0 Å². The van der Waals surface area contributed by atoms with Crippen molar-refractivity contribution in [1.29, 1.82) is 0 Å². The van der Waals surface area contributed by atoms with Gasteiger partial charge in [-0.25, -0.2) is 9.59 Å². The van der Waals surface area contributed by atoms with Gasteiger partial charge in [-0.1, -0.05) is 32.9 Å². The normalized spacial score (nSPS) is 19.3. The molecule has 0 radical (unpaired) electrons. The lowest BCUT2D eigenvalue weighted by molar-refractivity contribution is 0.0749. The van der Waals surface area contributed by atoms with E-state index in [2.05, 4.69) is 42.0 Å². The van der Waals surface area contributed by atoms with E-state index in [0.29, 0.717) is 55.5 Å². The highest BCUT2D eigenvalue weighted by Crippen LogP contribution is 2.45. The minimum Gasteiger partial charge on any atom is -0.493 e. The molecular weight excluding hydrogens is 536 g/mol. The molecule has 4 N–H and O–H groups in total. The summed E-state index contributed by atoms with van der Waals surface area (Å²) >= 11 is 0. The molecule has 0 aromatic heterocycles. The third-order valence-corrected chi connectivity index (χ3v) is 7.75. The predicted octanol–water partition coefficient (Wildman–Crippen LogP) is 4.69. The van der Waals surface area contributed by atoms with Crippen LogP contribution in [-0.4, -0.2) is 66.2 Å². The molecule has 1 aliphatic carbocycles. The maximum atomic E-state index is 12.8. The first-order chi connectivity index (χ1) is 20.0. The second kappa shape index (κ2) is 14.9. The molecule has 2 atom stereocenters. The predicted molar refractivity (Wildman–Crippen MR) is 164 cm³/mol. The first-order valence-corrected chi connectivity index (χ1v) is 14.5. The molecule has 4 amide bonds. The van der Waals surface area contributed by atoms with Crippen LogP contribution in [0.4, 0.5) is 9.59 Å². The van der Waals surface area contributed by atoms with E-state index in [1.165, 1.54) is 0 Å². The molecule has 10 nitrogen and oxygen atoms in total. The van der Waals surface area contributed by atoms with Crippen molar-refractivity contribution in [3.63, 3.8) is 0 Å². The van der Waals surface area contributed by atoms with Gasteiger partial charge in [0.25, 0.3) is 0 Å². The molecule has 1 fully saturated rings. The Labute approximate surface area is 250 Å². The summed E-state index contributed by atoms with van der Waals surface area (Å²) in [4.78, 5) is 25.4. The molecule has 0 bridgehead atoms. The molecule has 2 aromatic carbocycles. The van der Waals surface area contributed by atoms with Gasteiger partial charge in [0.05, 0.1) is 28.4 Å². The average Bonchev–Trinajstić information content (AvgIpc) is 2.94.